The first-order chi connectivity index (χ1) is 50.5. The average Bonchev–Trinajstić information content (AvgIpc) is 0.861. The van der Waals surface area contributed by atoms with E-state index in [0.29, 0.717) is 11.5 Å². The largest absolute Gasteiger partial charge is 0.497 e. The molecule has 4 heterocycles. The van der Waals surface area contributed by atoms with Crippen LogP contribution in [0.5, 0.6) is 11.5 Å². The van der Waals surface area contributed by atoms with Gasteiger partial charge in [0.2, 0.25) is 24.0 Å². The van der Waals surface area contributed by atoms with Gasteiger partial charge in [0.25, 0.3) is 11.5 Å². The second-order valence-corrected chi connectivity index (χ2v) is 23.3. The van der Waals surface area contributed by atoms with E-state index < -0.39 is 63.3 Å². The minimum absolute atomic E-state index is 0.0417. The zero-order valence-corrected chi connectivity index (χ0v) is 62.9. The molecule has 30 heteroatoms. The number of amides is 1. The number of hydrogen-bond donors (Lipinski definition) is 1. The molecule has 0 spiro atoms. The van der Waals surface area contributed by atoms with Crippen LogP contribution in [0.3, 0.4) is 0 Å². The normalized spacial score (nSPS) is 9.83. The lowest BCUT2D eigenvalue weighted by molar-refractivity contribution is -0.385. The Labute approximate surface area is 632 Å². The predicted octanol–water partition coefficient (Wildman–Crippen LogP) is 21.7. The van der Waals surface area contributed by atoms with Gasteiger partial charge in [-0.15, -0.1) is 16.6 Å². The number of methoxy groups -OCH3 is 2. The number of primary amides is 1. The molecule has 0 aliphatic rings. The summed E-state index contributed by atoms with van der Waals surface area (Å²) in [6.07, 6.45) is 6.67. The molecule has 0 radical (unpaired) electrons. The predicted molar refractivity (Wildman–Crippen MR) is 392 cm³/mol. The van der Waals surface area contributed by atoms with Crippen LogP contribution in [0, 0.1) is 146 Å². The fourth-order valence-corrected chi connectivity index (χ4v) is 7.83. The molecule has 11 aromatic rings. The van der Waals surface area contributed by atoms with Gasteiger partial charge >= 0.3 is 12.4 Å². The van der Waals surface area contributed by atoms with E-state index >= 15 is 0 Å². The number of ketones is 1. The Morgan fingerprint density at radius 2 is 1.07 bits per heavy atom. The Bertz CT molecular complexity index is 4510. The smallest absolute Gasteiger partial charge is 0.454 e. The van der Waals surface area contributed by atoms with E-state index in [1.54, 1.807) is 91.2 Å². The second kappa shape index (κ2) is 47.8. The number of oxazole rings is 1. The number of carbonyl (C=O) groups excluding carboxylic acids is 2. The fraction of sp³-hybridized carbons (Fsp3) is 0.205. The molecule has 0 aliphatic heterocycles. The summed E-state index contributed by atoms with van der Waals surface area (Å²) in [4.78, 5) is 42.2. The van der Waals surface area contributed by atoms with Gasteiger partial charge < -0.3 is 24.0 Å². The van der Waals surface area contributed by atoms with Gasteiger partial charge in [-0.2, -0.15) is 31.6 Å². The Morgan fingerprint density at radius 3 is 1.43 bits per heavy atom. The number of nitrogens with two attached hydrogens (primary N) is 1. The number of benzene rings is 7. The van der Waals surface area contributed by atoms with Gasteiger partial charge in [0, 0.05) is 76.9 Å². The highest BCUT2D eigenvalue weighted by molar-refractivity contribution is 6.35. The number of nitriles is 1. The number of halogens is 14. The molecule has 0 bridgehead atoms. The van der Waals surface area contributed by atoms with Crippen LogP contribution in [-0.2, 0) is 6.18 Å². The molecule has 0 fully saturated rings. The monoisotopic (exact) mass is 1560 g/mol. The van der Waals surface area contributed by atoms with E-state index in [2.05, 4.69) is 35.5 Å². The molecule has 2 N–H and O–H groups in total. The zero-order valence-electron chi connectivity index (χ0n) is 60.6. The lowest BCUT2D eigenvalue weighted by Crippen LogP contribution is -2.22. The SMILES string of the molecule is C#Cc1ccc(C)cc1.COc1cc(C)cc(OC)c1.Cc1c(Cl)cccc1Cl.Cc1c(F)c(F)c(F)c(F)c1F.Cc1cc(C#N)ccc1C(F)(F)F.Cc1ccc(C(=O)C(F)(F)F)cc1.Cc1ccc(C(N)=O)cc1C.Cc1ccncc1Cl.Cc1cncc([N+](=O)[O-])c1.Cc1ncco1.Cc1nnco1. The third-order valence-corrected chi connectivity index (χ3v) is 14.7. The van der Waals surface area contributed by atoms with Crippen LogP contribution in [-0.4, -0.2) is 62.2 Å². The van der Waals surface area contributed by atoms with Crippen LogP contribution in [0.4, 0.5) is 54.0 Å². The molecule has 108 heavy (non-hydrogen) atoms. The zero-order chi connectivity index (χ0) is 82.2. The Balaban J connectivity index is 0.000000598. The number of aromatic nitrogens is 5. The average molecular weight is 1570 g/mol. The summed E-state index contributed by atoms with van der Waals surface area (Å²) < 4.78 is 153. The summed E-state index contributed by atoms with van der Waals surface area (Å²) in [7, 11) is 3.29. The molecule has 16 nitrogen and oxygen atoms in total. The maximum atomic E-state index is 12.4. The van der Waals surface area contributed by atoms with Gasteiger partial charge in [0.05, 0.1) is 47.6 Å². The molecule has 0 atom stereocenters. The maximum Gasteiger partial charge on any atom is 0.454 e. The van der Waals surface area contributed by atoms with E-state index in [9.17, 15) is 68.0 Å². The van der Waals surface area contributed by atoms with Gasteiger partial charge in [0.1, 0.15) is 24.0 Å². The third kappa shape index (κ3) is 36.0. The van der Waals surface area contributed by atoms with Crippen molar-refractivity contribution in [2.24, 2.45) is 5.73 Å². The lowest BCUT2D eigenvalue weighted by atomic mass is 10.1. The van der Waals surface area contributed by atoms with E-state index in [0.717, 1.165) is 90.5 Å². The molecular formula is C78H74Cl3F11N8O8. The molecule has 7 aromatic carbocycles. The fourth-order valence-electron chi connectivity index (χ4n) is 7.32. The van der Waals surface area contributed by atoms with Crippen molar-refractivity contribution < 1.29 is 81.1 Å². The van der Waals surface area contributed by atoms with E-state index in [1.165, 1.54) is 67.0 Å². The molecule has 0 aliphatic carbocycles. The highest BCUT2D eigenvalue weighted by Gasteiger charge is 2.39. The van der Waals surface area contributed by atoms with Crippen molar-refractivity contribution in [1.82, 2.24) is 25.1 Å². The first-order valence-corrected chi connectivity index (χ1v) is 32.1. The number of rotatable bonds is 5. The van der Waals surface area contributed by atoms with Crippen molar-refractivity contribution in [2.75, 3.05) is 14.2 Å². The van der Waals surface area contributed by atoms with Crippen molar-refractivity contribution in [3.63, 3.8) is 0 Å². The lowest BCUT2D eigenvalue weighted by Gasteiger charge is -2.09. The summed E-state index contributed by atoms with van der Waals surface area (Å²) in [6.45, 7) is 21.1. The maximum absolute atomic E-state index is 12.4. The van der Waals surface area contributed by atoms with Crippen molar-refractivity contribution in [3.8, 4) is 29.9 Å². The van der Waals surface area contributed by atoms with Crippen molar-refractivity contribution in [3.05, 3.63) is 327 Å². The highest BCUT2D eigenvalue weighted by Crippen LogP contribution is 2.32. The van der Waals surface area contributed by atoms with Crippen LogP contribution in [0.1, 0.15) is 105 Å². The molecule has 1 amide bonds. The van der Waals surface area contributed by atoms with Gasteiger partial charge in [-0.05, 0) is 181 Å². The molecule has 0 saturated carbocycles. The number of pyridine rings is 2. The Morgan fingerprint density at radius 1 is 0.546 bits per heavy atom. The Hall–Kier alpha value is -11.5. The number of alkyl halides is 6. The number of Topliss-reactive ketones (excluding diaryl/α,β-unsaturated/α-hetero) is 1. The number of nitrogens with zero attached hydrogens (tertiary/aromatic N) is 7. The topological polar surface area (TPSA) is 236 Å². The summed E-state index contributed by atoms with van der Waals surface area (Å²) in [6, 6.07) is 38.3. The molecule has 11 rings (SSSR count). The number of ether oxygens (including phenoxy) is 2. The van der Waals surface area contributed by atoms with Crippen LogP contribution >= 0.6 is 34.8 Å². The van der Waals surface area contributed by atoms with Crippen LogP contribution < -0.4 is 15.2 Å². The summed E-state index contributed by atoms with van der Waals surface area (Å²) in [5.41, 5.74) is 13.4. The quantitative estimate of drug-likeness (QED) is 0.0321. The molecule has 4 aromatic heterocycles. The van der Waals surface area contributed by atoms with Gasteiger partial charge in [-0.1, -0.05) is 100 Å². The minimum atomic E-state index is -4.78. The van der Waals surface area contributed by atoms with Crippen LogP contribution in [0.15, 0.2) is 186 Å². The van der Waals surface area contributed by atoms with Gasteiger partial charge in [0.15, 0.2) is 29.2 Å². The van der Waals surface area contributed by atoms with E-state index in [4.69, 9.17) is 66.1 Å². The second-order valence-electron chi connectivity index (χ2n) is 22.0. The van der Waals surface area contributed by atoms with Crippen LogP contribution in [0.2, 0.25) is 15.1 Å². The van der Waals surface area contributed by atoms with Crippen molar-refractivity contribution in [2.45, 2.75) is 95.4 Å². The van der Waals surface area contributed by atoms with Gasteiger partial charge in [-0.3, -0.25) is 29.7 Å². The molecule has 0 unspecified atom stereocenters. The van der Waals surface area contributed by atoms with Crippen molar-refractivity contribution >= 4 is 52.2 Å². The molecule has 572 valence electrons. The van der Waals surface area contributed by atoms with E-state index in [1.807, 2.05) is 114 Å². The number of hydrogen-bond acceptors (Lipinski definition) is 14. The number of terminal acetylenes is 1. The Kier molecular flexibility index (Phi) is 41.9. The number of carbonyl (C=O) groups is 2. The first kappa shape index (κ1) is 94.5. The number of nitro groups is 1. The minimum Gasteiger partial charge on any atom is -0.497 e. The summed E-state index contributed by atoms with van der Waals surface area (Å²) in [5.74, 6) is -6.14. The van der Waals surface area contributed by atoms with E-state index in [-0.39, 0.29) is 28.3 Å². The third-order valence-electron chi connectivity index (χ3n) is 13.4. The standard InChI is InChI=1S/C9H6F3N.C9H7F3O.C9H11NO.C9H12O2.C9H8.C7H6Cl2.C7H3F5.C6H6ClN.C6H6N2O2.C4H5NO.C3H4N2O/c1-6-4-7(5-13)2-3-8(6)9(10,11)12;1-6-2-4-7(5-3-6)8(13)9(10,11)12;1-6-3-4-8(9(10)11)5-7(6)2;1-7-4-8(10-2)6-9(5-7)11-3;1-3-9-6-4-8(2)5-7-9;1-5-6(8)3-2-4-7(5)9;1-2-3(8)5(10)7(12)6(11)4(2)9;1-5-2-3-8-4-6(5)7;1-5-2-6(8(9)10)4-7-3-5;1-4-5-2-3-6-4;1-3-5-4-2-6-3/h2-4H,1H3;2-5H,1H3;3-5H,1-2H3,(H2,10,11);4-6H,1-3H3;1,4-7H,2H3;2-4H,1H3;1H3;2-4H,1H3;2-4H,1H3;2-3H,1H3;2H,1H3. The van der Waals surface area contributed by atoms with Gasteiger partial charge in [-0.25, -0.2) is 26.9 Å². The molecule has 0 saturated heterocycles. The van der Waals surface area contributed by atoms with Crippen molar-refractivity contribution in [1.29, 1.82) is 5.26 Å². The highest BCUT2D eigenvalue weighted by atomic mass is 35.5. The first-order valence-electron chi connectivity index (χ1n) is 31.0. The molecular weight excluding hydrogens is 1490 g/mol. The summed E-state index contributed by atoms with van der Waals surface area (Å²) in [5, 5.41) is 27.6. The summed E-state index contributed by atoms with van der Waals surface area (Å²) >= 11 is 17.1. The number of aryl methyl sites for hydroxylation is 10. The van der Waals surface area contributed by atoms with Crippen LogP contribution in [0.25, 0.3) is 0 Å².